The number of hydrogen-bond donors (Lipinski definition) is 1. The Morgan fingerprint density at radius 1 is 1.50 bits per heavy atom. The summed E-state index contributed by atoms with van der Waals surface area (Å²) in [4.78, 5) is 14.1. The number of halogens is 2. The summed E-state index contributed by atoms with van der Waals surface area (Å²) in [6.07, 6.45) is 3.53. The van der Waals surface area contributed by atoms with Gasteiger partial charge in [-0.15, -0.1) is 24.8 Å². The largest absolute Gasteiger partial charge is 0.338 e. The van der Waals surface area contributed by atoms with Crippen molar-refractivity contribution in [3.63, 3.8) is 0 Å². The van der Waals surface area contributed by atoms with Gasteiger partial charge in [0.15, 0.2) is 0 Å². The van der Waals surface area contributed by atoms with Crippen LogP contribution in [0.15, 0.2) is 18.5 Å². The number of carbonyl (C=O) groups is 1. The highest BCUT2D eigenvalue weighted by Crippen LogP contribution is 2.10. The molecule has 1 amide bonds. The molecule has 1 aliphatic heterocycles. The molecule has 18 heavy (non-hydrogen) atoms. The standard InChI is InChI=1S/C11H18N4O.2ClH/c1-9-8-14(7-5-12-9)11(16)10(2)15-6-3-4-13-15;;/h3-4,6,9-10,12H,5,7-8H2,1-2H3;2*1H/t9-,10?;;/m0../s1. The third-order valence-corrected chi connectivity index (χ3v) is 2.96. The molecule has 1 aliphatic rings. The van der Waals surface area contributed by atoms with E-state index in [0.29, 0.717) is 6.04 Å². The molecule has 0 spiro atoms. The van der Waals surface area contributed by atoms with Crippen molar-refractivity contribution >= 4 is 30.7 Å². The van der Waals surface area contributed by atoms with E-state index in [9.17, 15) is 4.79 Å². The highest BCUT2D eigenvalue weighted by molar-refractivity contribution is 5.85. The van der Waals surface area contributed by atoms with Gasteiger partial charge in [-0.1, -0.05) is 0 Å². The zero-order chi connectivity index (χ0) is 11.5. The minimum atomic E-state index is -0.208. The molecular formula is C11H20Cl2N4O. The van der Waals surface area contributed by atoms with E-state index in [-0.39, 0.29) is 36.8 Å². The summed E-state index contributed by atoms with van der Waals surface area (Å²) in [5, 5.41) is 7.43. The molecule has 2 atom stereocenters. The molecule has 1 aromatic rings. The van der Waals surface area contributed by atoms with Crippen LogP contribution < -0.4 is 5.32 Å². The minimum Gasteiger partial charge on any atom is -0.338 e. The molecule has 1 N–H and O–H groups in total. The maximum absolute atomic E-state index is 12.2. The molecule has 0 saturated carbocycles. The summed E-state index contributed by atoms with van der Waals surface area (Å²) in [5.74, 6) is 0.150. The van der Waals surface area contributed by atoms with Gasteiger partial charge in [0, 0.05) is 38.1 Å². The normalized spacial score (nSPS) is 20.6. The average molecular weight is 295 g/mol. The molecule has 0 aliphatic carbocycles. The van der Waals surface area contributed by atoms with E-state index in [0.717, 1.165) is 19.6 Å². The van der Waals surface area contributed by atoms with Crippen LogP contribution in [0.25, 0.3) is 0 Å². The number of amides is 1. The second-order valence-corrected chi connectivity index (χ2v) is 4.30. The van der Waals surface area contributed by atoms with Crippen LogP contribution in [0.3, 0.4) is 0 Å². The SMILES string of the molecule is CC(C(=O)N1CCN[C@@H](C)C1)n1cccn1.Cl.Cl. The quantitative estimate of drug-likeness (QED) is 0.889. The van der Waals surface area contributed by atoms with Gasteiger partial charge in [-0.25, -0.2) is 0 Å². The predicted octanol–water partition coefficient (Wildman–Crippen LogP) is 1.11. The van der Waals surface area contributed by atoms with E-state index in [2.05, 4.69) is 17.3 Å². The Labute approximate surface area is 120 Å². The average Bonchev–Trinajstić information content (AvgIpc) is 2.80. The predicted molar refractivity (Wildman–Crippen MR) is 75.5 cm³/mol. The summed E-state index contributed by atoms with van der Waals surface area (Å²) < 4.78 is 1.70. The monoisotopic (exact) mass is 294 g/mol. The van der Waals surface area contributed by atoms with Gasteiger partial charge >= 0.3 is 0 Å². The minimum absolute atomic E-state index is 0. The lowest BCUT2D eigenvalue weighted by molar-refractivity contribution is -0.135. The first-order valence-corrected chi connectivity index (χ1v) is 5.70. The number of carbonyl (C=O) groups excluding carboxylic acids is 1. The Bertz CT molecular complexity index is 358. The number of piperazine rings is 1. The van der Waals surface area contributed by atoms with Gasteiger partial charge in [-0.05, 0) is 19.9 Å². The summed E-state index contributed by atoms with van der Waals surface area (Å²) in [6, 6.07) is 2.01. The number of rotatable bonds is 2. The fraction of sp³-hybridized carbons (Fsp3) is 0.636. The molecule has 0 bridgehead atoms. The van der Waals surface area contributed by atoms with Crippen LogP contribution >= 0.6 is 24.8 Å². The molecule has 104 valence electrons. The molecule has 1 fully saturated rings. The van der Waals surface area contributed by atoms with Gasteiger partial charge in [-0.2, -0.15) is 5.10 Å². The van der Waals surface area contributed by atoms with Crippen molar-refractivity contribution < 1.29 is 4.79 Å². The molecule has 2 heterocycles. The Hall–Kier alpha value is -0.780. The maximum atomic E-state index is 12.2. The van der Waals surface area contributed by atoms with Gasteiger partial charge < -0.3 is 10.2 Å². The summed E-state index contributed by atoms with van der Waals surface area (Å²) in [6.45, 7) is 6.43. The highest BCUT2D eigenvalue weighted by atomic mass is 35.5. The first kappa shape index (κ1) is 17.2. The topological polar surface area (TPSA) is 50.2 Å². The van der Waals surface area contributed by atoms with Crippen LogP contribution in [0.2, 0.25) is 0 Å². The zero-order valence-electron chi connectivity index (χ0n) is 10.6. The third-order valence-electron chi connectivity index (χ3n) is 2.96. The molecule has 7 heteroatoms. The zero-order valence-corrected chi connectivity index (χ0v) is 12.2. The van der Waals surface area contributed by atoms with Crippen LogP contribution in [-0.2, 0) is 4.79 Å². The highest BCUT2D eigenvalue weighted by Gasteiger charge is 2.25. The van der Waals surface area contributed by atoms with Gasteiger partial charge in [0.05, 0.1) is 0 Å². The second kappa shape index (κ2) is 7.61. The van der Waals surface area contributed by atoms with Crippen molar-refractivity contribution in [2.45, 2.75) is 25.9 Å². The third kappa shape index (κ3) is 3.86. The van der Waals surface area contributed by atoms with Crippen molar-refractivity contribution in [1.29, 1.82) is 0 Å². The van der Waals surface area contributed by atoms with E-state index < -0.39 is 0 Å². The van der Waals surface area contributed by atoms with Crippen molar-refractivity contribution in [2.75, 3.05) is 19.6 Å². The van der Waals surface area contributed by atoms with Crippen molar-refractivity contribution in [2.24, 2.45) is 0 Å². The number of nitrogens with one attached hydrogen (secondary N) is 1. The fourth-order valence-corrected chi connectivity index (χ4v) is 2.02. The van der Waals surface area contributed by atoms with Crippen LogP contribution in [-0.4, -0.2) is 46.3 Å². The van der Waals surface area contributed by atoms with E-state index in [1.165, 1.54) is 0 Å². The van der Waals surface area contributed by atoms with E-state index in [4.69, 9.17) is 0 Å². The van der Waals surface area contributed by atoms with Gasteiger partial charge in [0.25, 0.3) is 0 Å². The van der Waals surface area contributed by atoms with E-state index in [1.807, 2.05) is 24.1 Å². The Kier molecular flexibility index (Phi) is 7.28. The van der Waals surface area contributed by atoms with E-state index >= 15 is 0 Å². The lowest BCUT2D eigenvalue weighted by Gasteiger charge is -2.33. The van der Waals surface area contributed by atoms with Gasteiger partial charge in [0.2, 0.25) is 5.91 Å². The van der Waals surface area contributed by atoms with Crippen LogP contribution in [0, 0.1) is 0 Å². The van der Waals surface area contributed by atoms with Crippen molar-refractivity contribution in [1.82, 2.24) is 20.0 Å². The van der Waals surface area contributed by atoms with Crippen LogP contribution in [0.4, 0.5) is 0 Å². The molecule has 1 unspecified atom stereocenters. The number of hydrogen-bond acceptors (Lipinski definition) is 3. The fourth-order valence-electron chi connectivity index (χ4n) is 2.02. The smallest absolute Gasteiger partial charge is 0.247 e. The second-order valence-electron chi connectivity index (χ2n) is 4.30. The van der Waals surface area contributed by atoms with Gasteiger partial charge in [-0.3, -0.25) is 9.48 Å². The molecule has 0 radical (unpaired) electrons. The van der Waals surface area contributed by atoms with Crippen molar-refractivity contribution in [3.8, 4) is 0 Å². The Morgan fingerprint density at radius 3 is 2.78 bits per heavy atom. The summed E-state index contributed by atoms with van der Waals surface area (Å²) in [7, 11) is 0. The lowest BCUT2D eigenvalue weighted by atomic mass is 10.2. The first-order valence-electron chi connectivity index (χ1n) is 5.70. The molecular weight excluding hydrogens is 275 g/mol. The Balaban J connectivity index is 0.00000144. The first-order chi connectivity index (χ1) is 7.68. The molecule has 2 rings (SSSR count). The van der Waals surface area contributed by atoms with E-state index in [1.54, 1.807) is 10.9 Å². The number of nitrogens with zero attached hydrogens (tertiary/aromatic N) is 3. The maximum Gasteiger partial charge on any atom is 0.247 e. The lowest BCUT2D eigenvalue weighted by Crippen LogP contribution is -2.52. The number of aromatic nitrogens is 2. The van der Waals surface area contributed by atoms with Gasteiger partial charge in [0.1, 0.15) is 6.04 Å². The molecule has 1 aromatic heterocycles. The molecule has 0 aromatic carbocycles. The Morgan fingerprint density at radius 2 is 2.22 bits per heavy atom. The van der Waals surface area contributed by atoms with Crippen LogP contribution in [0.5, 0.6) is 0 Å². The summed E-state index contributed by atoms with van der Waals surface area (Å²) in [5.41, 5.74) is 0. The van der Waals surface area contributed by atoms with Crippen LogP contribution in [0.1, 0.15) is 19.9 Å². The molecule has 1 saturated heterocycles. The summed E-state index contributed by atoms with van der Waals surface area (Å²) >= 11 is 0. The molecule has 5 nitrogen and oxygen atoms in total. The van der Waals surface area contributed by atoms with Crippen molar-refractivity contribution in [3.05, 3.63) is 18.5 Å².